The summed E-state index contributed by atoms with van der Waals surface area (Å²) < 4.78 is 49.2. The summed E-state index contributed by atoms with van der Waals surface area (Å²) in [7, 11) is -2.37. The highest BCUT2D eigenvalue weighted by Gasteiger charge is 2.40. The molecule has 0 bridgehead atoms. The standard InChI is InChI=1S/C22H22N4O7S/c1-30-15-5-7-16(8-6-15)34(28,29)26-10-2-3-17(26)20(27)23-22-25-24-21(33-22)14-4-9-18-19(13-14)32-12-11-31-18/h4-9,13,17H,2-3,10-12H2,1H3,(H,23,25,27). The molecule has 1 unspecified atom stereocenters. The minimum atomic E-state index is -3.87. The predicted molar refractivity (Wildman–Crippen MR) is 119 cm³/mol. The van der Waals surface area contributed by atoms with Crippen molar-refractivity contribution in [2.24, 2.45) is 0 Å². The van der Waals surface area contributed by atoms with Gasteiger partial charge in [-0.25, -0.2) is 8.42 Å². The van der Waals surface area contributed by atoms with Crippen molar-refractivity contribution >= 4 is 21.9 Å². The summed E-state index contributed by atoms with van der Waals surface area (Å²) in [5.41, 5.74) is 0.599. The van der Waals surface area contributed by atoms with Gasteiger partial charge in [0.25, 0.3) is 0 Å². The van der Waals surface area contributed by atoms with Gasteiger partial charge in [0.15, 0.2) is 11.5 Å². The van der Waals surface area contributed by atoms with Crippen LogP contribution in [-0.2, 0) is 14.8 Å². The monoisotopic (exact) mass is 486 g/mol. The van der Waals surface area contributed by atoms with Gasteiger partial charge in [-0.3, -0.25) is 10.1 Å². The predicted octanol–water partition coefficient (Wildman–Crippen LogP) is 2.31. The molecule has 178 valence electrons. The summed E-state index contributed by atoms with van der Waals surface area (Å²) in [6, 6.07) is 10.2. The van der Waals surface area contributed by atoms with Gasteiger partial charge in [0, 0.05) is 12.1 Å². The lowest BCUT2D eigenvalue weighted by Crippen LogP contribution is -2.43. The average molecular weight is 487 g/mol. The molecule has 0 radical (unpaired) electrons. The van der Waals surface area contributed by atoms with Gasteiger partial charge >= 0.3 is 6.01 Å². The van der Waals surface area contributed by atoms with E-state index in [-0.39, 0.29) is 23.3 Å². The van der Waals surface area contributed by atoms with Crippen molar-refractivity contribution in [3.8, 4) is 28.7 Å². The van der Waals surface area contributed by atoms with Gasteiger partial charge in [-0.1, -0.05) is 5.10 Å². The van der Waals surface area contributed by atoms with E-state index in [0.29, 0.717) is 48.9 Å². The fourth-order valence-corrected chi connectivity index (χ4v) is 5.58. The lowest BCUT2D eigenvalue weighted by Gasteiger charge is -2.22. The van der Waals surface area contributed by atoms with E-state index < -0.39 is 22.0 Å². The second-order valence-electron chi connectivity index (χ2n) is 7.71. The smallest absolute Gasteiger partial charge is 0.322 e. The van der Waals surface area contributed by atoms with Gasteiger partial charge in [-0.05, 0) is 55.3 Å². The molecule has 2 aliphatic heterocycles. The van der Waals surface area contributed by atoms with Crippen LogP contribution in [0.4, 0.5) is 6.01 Å². The van der Waals surface area contributed by atoms with Gasteiger partial charge in [0.05, 0.1) is 12.0 Å². The number of fused-ring (bicyclic) bond motifs is 1. The lowest BCUT2D eigenvalue weighted by atomic mass is 10.2. The van der Waals surface area contributed by atoms with Gasteiger partial charge < -0.3 is 18.6 Å². The molecule has 34 heavy (non-hydrogen) atoms. The summed E-state index contributed by atoms with van der Waals surface area (Å²) in [4.78, 5) is 13.0. The molecule has 1 atom stereocenters. The molecule has 5 rings (SSSR count). The molecule has 0 spiro atoms. The number of nitrogens with one attached hydrogen (secondary N) is 1. The first-order valence-electron chi connectivity index (χ1n) is 10.7. The zero-order chi connectivity index (χ0) is 23.7. The molecule has 12 heteroatoms. The molecule has 1 fully saturated rings. The summed E-state index contributed by atoms with van der Waals surface area (Å²) in [6.07, 6.45) is 0.935. The zero-order valence-electron chi connectivity index (χ0n) is 18.3. The Morgan fingerprint density at radius 2 is 1.85 bits per heavy atom. The van der Waals surface area contributed by atoms with Crippen molar-refractivity contribution < 1.29 is 31.8 Å². The van der Waals surface area contributed by atoms with Gasteiger partial charge in [0.1, 0.15) is 25.0 Å². The third kappa shape index (κ3) is 4.17. The Kier molecular flexibility index (Phi) is 5.84. The normalized spacial score (nSPS) is 18.0. The van der Waals surface area contributed by atoms with Gasteiger partial charge in [0.2, 0.25) is 21.8 Å². The van der Waals surface area contributed by atoms with E-state index in [1.807, 2.05) is 0 Å². The van der Waals surface area contributed by atoms with Crippen LogP contribution in [0, 0.1) is 0 Å². The van der Waals surface area contributed by atoms with Crippen molar-refractivity contribution in [2.45, 2.75) is 23.8 Å². The number of carbonyl (C=O) groups is 1. The van der Waals surface area contributed by atoms with E-state index in [4.69, 9.17) is 18.6 Å². The molecule has 1 amide bonds. The van der Waals surface area contributed by atoms with E-state index in [0.717, 1.165) is 0 Å². The van der Waals surface area contributed by atoms with Crippen LogP contribution >= 0.6 is 0 Å². The third-order valence-electron chi connectivity index (χ3n) is 5.62. The maximum Gasteiger partial charge on any atom is 0.322 e. The molecule has 0 aliphatic carbocycles. The highest BCUT2D eigenvalue weighted by atomic mass is 32.2. The highest BCUT2D eigenvalue weighted by Crippen LogP contribution is 2.34. The molecule has 2 aliphatic rings. The number of hydrogen-bond donors (Lipinski definition) is 1. The van der Waals surface area contributed by atoms with Crippen molar-refractivity contribution in [1.82, 2.24) is 14.5 Å². The Balaban J connectivity index is 1.31. The van der Waals surface area contributed by atoms with Crippen LogP contribution in [0.15, 0.2) is 51.8 Å². The summed E-state index contributed by atoms with van der Waals surface area (Å²) in [6.45, 7) is 1.16. The van der Waals surface area contributed by atoms with Crippen molar-refractivity contribution in [3.05, 3.63) is 42.5 Å². The molecular formula is C22H22N4O7S. The molecule has 3 aromatic rings. The third-order valence-corrected chi connectivity index (χ3v) is 7.54. The summed E-state index contributed by atoms with van der Waals surface area (Å²) >= 11 is 0. The Morgan fingerprint density at radius 3 is 2.62 bits per heavy atom. The number of ether oxygens (including phenoxy) is 3. The lowest BCUT2D eigenvalue weighted by molar-refractivity contribution is -0.119. The Morgan fingerprint density at radius 1 is 1.09 bits per heavy atom. The largest absolute Gasteiger partial charge is 0.497 e. The second-order valence-corrected chi connectivity index (χ2v) is 9.60. The number of aromatic nitrogens is 2. The van der Waals surface area contributed by atoms with E-state index >= 15 is 0 Å². The maximum absolute atomic E-state index is 13.1. The number of sulfonamides is 1. The Hall–Kier alpha value is -3.64. The molecule has 0 saturated carbocycles. The summed E-state index contributed by atoms with van der Waals surface area (Å²) in [5, 5.41) is 10.4. The van der Waals surface area contributed by atoms with Crippen LogP contribution in [0.2, 0.25) is 0 Å². The van der Waals surface area contributed by atoms with E-state index in [1.54, 1.807) is 30.3 Å². The van der Waals surface area contributed by atoms with Crippen molar-refractivity contribution in [1.29, 1.82) is 0 Å². The average Bonchev–Trinajstić information content (AvgIpc) is 3.54. The van der Waals surface area contributed by atoms with Crippen molar-refractivity contribution in [3.63, 3.8) is 0 Å². The molecule has 2 aromatic carbocycles. The van der Waals surface area contributed by atoms with Crippen LogP contribution in [0.1, 0.15) is 12.8 Å². The maximum atomic E-state index is 13.1. The Labute approximate surface area is 195 Å². The first-order valence-corrected chi connectivity index (χ1v) is 12.1. The van der Waals surface area contributed by atoms with Gasteiger partial charge in [-0.15, -0.1) is 5.10 Å². The van der Waals surface area contributed by atoms with Crippen LogP contribution in [0.5, 0.6) is 17.2 Å². The number of methoxy groups -OCH3 is 1. The van der Waals surface area contributed by atoms with Gasteiger partial charge in [-0.2, -0.15) is 4.31 Å². The number of hydrogen-bond acceptors (Lipinski definition) is 9. The molecule has 1 N–H and O–H groups in total. The quantitative estimate of drug-likeness (QED) is 0.557. The fraction of sp³-hybridized carbons (Fsp3) is 0.318. The van der Waals surface area contributed by atoms with Crippen LogP contribution in [0.25, 0.3) is 11.5 Å². The molecule has 1 saturated heterocycles. The van der Waals surface area contributed by atoms with E-state index in [1.165, 1.54) is 23.5 Å². The van der Waals surface area contributed by atoms with Crippen LogP contribution in [-0.4, -0.2) is 61.7 Å². The summed E-state index contributed by atoms with van der Waals surface area (Å²) in [5.74, 6) is 1.38. The van der Waals surface area contributed by atoms with Crippen molar-refractivity contribution in [2.75, 3.05) is 32.2 Å². The van der Waals surface area contributed by atoms with E-state index in [9.17, 15) is 13.2 Å². The SMILES string of the molecule is COc1ccc(S(=O)(=O)N2CCCC2C(=O)Nc2nnc(-c3ccc4c(c3)OCCO4)o2)cc1. The number of rotatable bonds is 6. The first-order chi connectivity index (χ1) is 16.5. The number of anilines is 1. The fourth-order valence-electron chi connectivity index (χ4n) is 3.93. The molecule has 3 heterocycles. The topological polar surface area (TPSA) is 133 Å². The number of nitrogens with zero attached hydrogens (tertiary/aromatic N) is 3. The second kappa shape index (κ2) is 8.95. The zero-order valence-corrected chi connectivity index (χ0v) is 19.1. The Bertz CT molecular complexity index is 1310. The van der Waals surface area contributed by atoms with Crippen LogP contribution < -0.4 is 19.5 Å². The van der Waals surface area contributed by atoms with Crippen LogP contribution in [0.3, 0.4) is 0 Å². The molecular weight excluding hydrogens is 464 g/mol. The number of benzene rings is 2. The van der Waals surface area contributed by atoms with E-state index in [2.05, 4.69) is 15.5 Å². The molecule has 11 nitrogen and oxygen atoms in total. The first kappa shape index (κ1) is 22.2. The number of carbonyl (C=O) groups excluding carboxylic acids is 1. The minimum absolute atomic E-state index is 0.0895. The number of amides is 1. The highest BCUT2D eigenvalue weighted by molar-refractivity contribution is 7.89. The molecule has 1 aromatic heterocycles. The minimum Gasteiger partial charge on any atom is -0.497 e.